The van der Waals surface area contributed by atoms with Gasteiger partial charge in [0.25, 0.3) is 5.91 Å². The van der Waals surface area contributed by atoms with Gasteiger partial charge in [0.05, 0.1) is 15.6 Å². The van der Waals surface area contributed by atoms with Gasteiger partial charge in [0.2, 0.25) is 0 Å². The molecule has 10 heteroatoms. The highest BCUT2D eigenvalue weighted by molar-refractivity contribution is 6.45. The van der Waals surface area contributed by atoms with Gasteiger partial charge >= 0.3 is 12.1 Å². The first kappa shape index (κ1) is 21.0. The first-order valence-corrected chi connectivity index (χ1v) is 8.90. The van der Waals surface area contributed by atoms with Crippen LogP contribution in [0.2, 0.25) is 10.0 Å². The highest BCUT2D eigenvalue weighted by Gasteiger charge is 2.42. The van der Waals surface area contributed by atoms with Crippen LogP contribution in [0.4, 0.5) is 13.2 Å². The number of rotatable bonds is 4. The maximum absolute atomic E-state index is 13.6. The Labute approximate surface area is 172 Å². The number of alkyl halides is 3. The van der Waals surface area contributed by atoms with E-state index < -0.39 is 24.1 Å². The molecular weight excluding hydrogens is 432 g/mol. The average Bonchev–Trinajstić information content (AvgIpc) is 2.99. The number of aryl methyl sites for hydroxylation is 1. The molecular formula is C19H13Cl2F3N2O3. The van der Waals surface area contributed by atoms with Gasteiger partial charge in [0.15, 0.2) is 6.04 Å². The lowest BCUT2D eigenvalue weighted by Gasteiger charge is -2.22. The van der Waals surface area contributed by atoms with Crippen LogP contribution in [-0.2, 0) is 7.05 Å². The van der Waals surface area contributed by atoms with Gasteiger partial charge < -0.3 is 15.0 Å². The molecule has 0 bridgehead atoms. The second kappa shape index (κ2) is 7.61. The number of amides is 1. The van der Waals surface area contributed by atoms with Crippen LogP contribution in [0.15, 0.2) is 42.5 Å². The summed E-state index contributed by atoms with van der Waals surface area (Å²) >= 11 is 12.1. The van der Waals surface area contributed by atoms with Gasteiger partial charge in [0, 0.05) is 18.0 Å². The lowest BCUT2D eigenvalue weighted by molar-refractivity contribution is -0.155. The third kappa shape index (κ3) is 4.04. The highest BCUT2D eigenvalue weighted by atomic mass is 35.5. The Kier molecular flexibility index (Phi) is 5.51. The summed E-state index contributed by atoms with van der Waals surface area (Å²) in [6.45, 7) is 0. The molecule has 0 spiro atoms. The zero-order valence-corrected chi connectivity index (χ0v) is 16.2. The summed E-state index contributed by atoms with van der Waals surface area (Å²) in [4.78, 5) is 23.5. The Balaban J connectivity index is 1.97. The second-order valence-corrected chi connectivity index (χ2v) is 7.04. The van der Waals surface area contributed by atoms with Gasteiger partial charge in [0.1, 0.15) is 5.69 Å². The number of carboxylic acid groups (broad SMARTS) is 1. The fourth-order valence-corrected chi connectivity index (χ4v) is 3.32. The second-order valence-electron chi connectivity index (χ2n) is 6.26. The highest BCUT2D eigenvalue weighted by Crippen LogP contribution is 2.35. The Morgan fingerprint density at radius 2 is 1.72 bits per heavy atom. The van der Waals surface area contributed by atoms with Gasteiger partial charge in [-0.05, 0) is 35.9 Å². The molecule has 0 fully saturated rings. The molecule has 152 valence electrons. The number of fused-ring (bicyclic) bond motifs is 1. The fourth-order valence-electron chi connectivity index (χ4n) is 2.94. The third-order valence-electron chi connectivity index (χ3n) is 4.44. The minimum atomic E-state index is -4.80. The van der Waals surface area contributed by atoms with Gasteiger partial charge in [-0.2, -0.15) is 13.2 Å². The molecule has 2 aromatic carbocycles. The molecule has 1 aromatic heterocycles. The molecule has 0 aliphatic carbocycles. The van der Waals surface area contributed by atoms with Crippen molar-refractivity contribution in [2.24, 2.45) is 7.05 Å². The molecule has 0 aliphatic rings. The molecule has 1 unspecified atom stereocenters. The van der Waals surface area contributed by atoms with E-state index in [9.17, 15) is 22.8 Å². The topological polar surface area (TPSA) is 71.3 Å². The SMILES string of the molecule is Cn1c(C(=O)NC(c2ccc(C(=O)O)cc2)C(F)(F)F)cc2c(Cl)c(Cl)ccc21. The van der Waals surface area contributed by atoms with E-state index in [-0.39, 0.29) is 26.9 Å². The molecule has 3 rings (SSSR count). The first-order chi connectivity index (χ1) is 13.5. The predicted molar refractivity (Wildman–Crippen MR) is 103 cm³/mol. The summed E-state index contributed by atoms with van der Waals surface area (Å²) in [5, 5.41) is 11.7. The Morgan fingerprint density at radius 3 is 2.28 bits per heavy atom. The smallest absolute Gasteiger partial charge is 0.412 e. The first-order valence-electron chi connectivity index (χ1n) is 8.15. The predicted octanol–water partition coefficient (Wildman–Crippen LogP) is 5.22. The van der Waals surface area contributed by atoms with Crippen LogP contribution in [0.3, 0.4) is 0 Å². The summed E-state index contributed by atoms with van der Waals surface area (Å²) in [6.07, 6.45) is -4.80. The lowest BCUT2D eigenvalue weighted by atomic mass is 10.0. The third-order valence-corrected chi connectivity index (χ3v) is 5.26. The number of carboxylic acids is 1. The van der Waals surface area contributed by atoms with Crippen LogP contribution in [0.1, 0.15) is 32.5 Å². The normalized spacial score (nSPS) is 12.8. The molecule has 0 aliphatic heterocycles. The number of nitrogens with one attached hydrogen (secondary N) is 1. The van der Waals surface area contributed by atoms with E-state index >= 15 is 0 Å². The van der Waals surface area contributed by atoms with Crippen LogP contribution in [0, 0.1) is 0 Å². The van der Waals surface area contributed by atoms with Crippen molar-refractivity contribution in [3.63, 3.8) is 0 Å². The van der Waals surface area contributed by atoms with Crippen molar-refractivity contribution in [3.05, 3.63) is 69.3 Å². The van der Waals surface area contributed by atoms with Crippen LogP contribution in [0.25, 0.3) is 10.9 Å². The van der Waals surface area contributed by atoms with Gasteiger partial charge in [-0.15, -0.1) is 0 Å². The lowest BCUT2D eigenvalue weighted by Crippen LogP contribution is -2.38. The van der Waals surface area contributed by atoms with Crippen molar-refractivity contribution in [1.29, 1.82) is 0 Å². The number of halogens is 5. The van der Waals surface area contributed by atoms with E-state index in [0.29, 0.717) is 10.9 Å². The Hall–Kier alpha value is -2.71. The maximum Gasteiger partial charge on any atom is 0.412 e. The largest absolute Gasteiger partial charge is 0.478 e. The monoisotopic (exact) mass is 444 g/mol. The fraction of sp³-hybridized carbons (Fsp3) is 0.158. The summed E-state index contributed by atoms with van der Waals surface area (Å²) in [6, 6.07) is 6.28. The van der Waals surface area contributed by atoms with Crippen molar-refractivity contribution in [1.82, 2.24) is 9.88 Å². The molecule has 0 saturated carbocycles. The van der Waals surface area contributed by atoms with Crippen molar-refractivity contribution >= 4 is 46.0 Å². The number of nitrogens with zero attached hydrogens (tertiary/aromatic N) is 1. The number of aromatic carboxylic acids is 1. The average molecular weight is 445 g/mol. The molecule has 1 heterocycles. The molecule has 0 saturated heterocycles. The summed E-state index contributed by atoms with van der Waals surface area (Å²) in [7, 11) is 1.52. The molecule has 3 aromatic rings. The van der Waals surface area contributed by atoms with E-state index in [1.807, 2.05) is 5.32 Å². The van der Waals surface area contributed by atoms with E-state index in [1.54, 1.807) is 6.07 Å². The van der Waals surface area contributed by atoms with Crippen molar-refractivity contribution < 1.29 is 27.9 Å². The van der Waals surface area contributed by atoms with Crippen LogP contribution >= 0.6 is 23.2 Å². The summed E-state index contributed by atoms with van der Waals surface area (Å²) in [5.41, 5.74) is 0.0244. The van der Waals surface area contributed by atoms with Crippen LogP contribution in [0.5, 0.6) is 0 Å². The van der Waals surface area contributed by atoms with Crippen molar-refractivity contribution in [2.75, 3.05) is 0 Å². The number of hydrogen-bond donors (Lipinski definition) is 2. The molecule has 5 nitrogen and oxygen atoms in total. The molecule has 29 heavy (non-hydrogen) atoms. The Bertz CT molecular complexity index is 1110. The van der Waals surface area contributed by atoms with Crippen molar-refractivity contribution in [2.45, 2.75) is 12.2 Å². The minimum absolute atomic E-state index is 0.0411. The zero-order valence-electron chi connectivity index (χ0n) is 14.7. The van der Waals surface area contributed by atoms with Gasteiger partial charge in [-0.25, -0.2) is 4.79 Å². The summed E-state index contributed by atoms with van der Waals surface area (Å²) in [5.74, 6) is -2.24. The number of carbonyl (C=O) groups excluding carboxylic acids is 1. The van der Waals surface area contributed by atoms with E-state index in [0.717, 1.165) is 24.3 Å². The van der Waals surface area contributed by atoms with Gasteiger partial charge in [-0.1, -0.05) is 35.3 Å². The number of carbonyl (C=O) groups is 2. The number of benzene rings is 2. The molecule has 0 radical (unpaired) electrons. The van der Waals surface area contributed by atoms with E-state index in [4.69, 9.17) is 28.3 Å². The zero-order chi connectivity index (χ0) is 21.5. The number of aromatic nitrogens is 1. The maximum atomic E-state index is 13.6. The quantitative estimate of drug-likeness (QED) is 0.579. The number of hydrogen-bond acceptors (Lipinski definition) is 2. The van der Waals surface area contributed by atoms with E-state index in [2.05, 4.69) is 0 Å². The van der Waals surface area contributed by atoms with Gasteiger partial charge in [-0.3, -0.25) is 4.79 Å². The standard InChI is InChI=1S/C19H13Cl2F3N2O3/c1-26-13-7-6-12(20)15(21)11(13)8-14(26)17(27)25-16(19(22,23)24)9-2-4-10(5-3-9)18(28)29/h2-8,16H,1H3,(H,25,27)(H,28,29). The van der Waals surface area contributed by atoms with Crippen molar-refractivity contribution in [3.8, 4) is 0 Å². The summed E-state index contributed by atoms with van der Waals surface area (Å²) < 4.78 is 42.2. The van der Waals surface area contributed by atoms with E-state index in [1.165, 1.54) is 23.7 Å². The van der Waals surface area contributed by atoms with Crippen LogP contribution in [-0.4, -0.2) is 27.7 Å². The molecule has 1 atom stereocenters. The molecule has 1 amide bonds. The Morgan fingerprint density at radius 1 is 1.10 bits per heavy atom. The minimum Gasteiger partial charge on any atom is -0.478 e. The van der Waals surface area contributed by atoms with Crippen LogP contribution < -0.4 is 5.32 Å². The molecule has 2 N–H and O–H groups in total.